The van der Waals surface area contributed by atoms with Gasteiger partial charge in [0.25, 0.3) is 0 Å². The Balaban J connectivity index is 2.26. The van der Waals surface area contributed by atoms with Gasteiger partial charge in [-0.25, -0.2) is 9.37 Å². The van der Waals surface area contributed by atoms with E-state index in [9.17, 15) is 9.50 Å². The Labute approximate surface area is 98.5 Å². The predicted molar refractivity (Wildman–Crippen MR) is 61.3 cm³/mol. The Morgan fingerprint density at radius 3 is 2.59 bits per heavy atom. The Hall–Kier alpha value is -1.94. The second kappa shape index (κ2) is 4.93. The van der Waals surface area contributed by atoms with Gasteiger partial charge in [-0.3, -0.25) is 0 Å². The SMILES string of the molecule is C[C@H](O)c1cccnc1Oc1ccc(F)cc1. The van der Waals surface area contributed by atoms with Crippen molar-refractivity contribution in [2.24, 2.45) is 0 Å². The molecule has 0 aliphatic heterocycles. The van der Waals surface area contributed by atoms with Crippen molar-refractivity contribution in [2.45, 2.75) is 13.0 Å². The van der Waals surface area contributed by atoms with E-state index in [-0.39, 0.29) is 5.82 Å². The van der Waals surface area contributed by atoms with Gasteiger partial charge in [0.1, 0.15) is 11.6 Å². The number of halogens is 1. The molecule has 0 saturated carbocycles. The predicted octanol–water partition coefficient (Wildman–Crippen LogP) is 3.07. The quantitative estimate of drug-likeness (QED) is 0.885. The van der Waals surface area contributed by atoms with E-state index in [1.54, 1.807) is 25.3 Å². The molecule has 88 valence electrons. The van der Waals surface area contributed by atoms with Gasteiger partial charge < -0.3 is 9.84 Å². The molecule has 1 atom stereocenters. The van der Waals surface area contributed by atoms with Gasteiger partial charge in [0.2, 0.25) is 5.88 Å². The molecule has 0 saturated heterocycles. The Bertz CT molecular complexity index is 497. The second-order valence-corrected chi connectivity index (χ2v) is 3.63. The van der Waals surface area contributed by atoms with Crippen LogP contribution in [0.4, 0.5) is 4.39 Å². The summed E-state index contributed by atoms with van der Waals surface area (Å²) >= 11 is 0. The summed E-state index contributed by atoms with van der Waals surface area (Å²) in [5.74, 6) is 0.482. The maximum Gasteiger partial charge on any atom is 0.225 e. The lowest BCUT2D eigenvalue weighted by Crippen LogP contribution is -1.98. The van der Waals surface area contributed by atoms with Gasteiger partial charge in [0.05, 0.1) is 6.10 Å². The number of aromatic nitrogens is 1. The molecule has 0 unspecified atom stereocenters. The summed E-state index contributed by atoms with van der Waals surface area (Å²) in [5, 5.41) is 9.55. The van der Waals surface area contributed by atoms with Crippen molar-refractivity contribution < 1.29 is 14.2 Å². The van der Waals surface area contributed by atoms with Crippen LogP contribution in [-0.2, 0) is 0 Å². The van der Waals surface area contributed by atoms with Crippen LogP contribution in [-0.4, -0.2) is 10.1 Å². The summed E-state index contributed by atoms with van der Waals surface area (Å²) in [7, 11) is 0. The third-order valence-electron chi connectivity index (χ3n) is 2.28. The van der Waals surface area contributed by atoms with E-state index >= 15 is 0 Å². The standard InChI is InChI=1S/C13H12FNO2/c1-9(16)12-3-2-8-15-13(12)17-11-6-4-10(14)5-7-11/h2-9,16H,1H3/t9-/m0/s1. The lowest BCUT2D eigenvalue weighted by atomic mass is 10.2. The van der Waals surface area contributed by atoms with E-state index in [1.165, 1.54) is 24.3 Å². The first-order valence-corrected chi connectivity index (χ1v) is 5.23. The zero-order chi connectivity index (χ0) is 12.3. The molecule has 1 N–H and O–H groups in total. The Kier molecular flexibility index (Phi) is 3.35. The molecule has 0 fully saturated rings. The number of nitrogens with zero attached hydrogens (tertiary/aromatic N) is 1. The van der Waals surface area contributed by atoms with Crippen LogP contribution in [0.15, 0.2) is 42.6 Å². The van der Waals surface area contributed by atoms with Gasteiger partial charge >= 0.3 is 0 Å². The summed E-state index contributed by atoms with van der Waals surface area (Å²) in [6, 6.07) is 9.09. The van der Waals surface area contributed by atoms with Gasteiger partial charge in [-0.1, -0.05) is 0 Å². The molecule has 0 amide bonds. The molecule has 2 rings (SSSR count). The van der Waals surface area contributed by atoms with Crippen molar-refractivity contribution >= 4 is 0 Å². The molecule has 0 spiro atoms. The van der Waals surface area contributed by atoms with Crippen molar-refractivity contribution in [1.82, 2.24) is 4.98 Å². The molecule has 2 aromatic rings. The van der Waals surface area contributed by atoms with Gasteiger partial charge in [-0.2, -0.15) is 0 Å². The highest BCUT2D eigenvalue weighted by molar-refractivity contribution is 5.33. The van der Waals surface area contributed by atoms with E-state index < -0.39 is 6.10 Å². The first kappa shape index (κ1) is 11.5. The first-order valence-electron chi connectivity index (χ1n) is 5.23. The van der Waals surface area contributed by atoms with Crippen LogP contribution in [0, 0.1) is 5.82 Å². The van der Waals surface area contributed by atoms with Gasteiger partial charge in [0, 0.05) is 11.8 Å². The average Bonchev–Trinajstić information content (AvgIpc) is 2.32. The number of ether oxygens (including phenoxy) is 1. The molecule has 17 heavy (non-hydrogen) atoms. The number of pyridine rings is 1. The van der Waals surface area contributed by atoms with Crippen LogP contribution in [0.5, 0.6) is 11.6 Å². The number of hydrogen-bond acceptors (Lipinski definition) is 3. The fourth-order valence-electron chi connectivity index (χ4n) is 1.42. The topological polar surface area (TPSA) is 42.4 Å². The average molecular weight is 233 g/mol. The fourth-order valence-corrected chi connectivity index (χ4v) is 1.42. The van der Waals surface area contributed by atoms with Crippen molar-refractivity contribution in [1.29, 1.82) is 0 Å². The summed E-state index contributed by atoms with van der Waals surface area (Å²) in [5.41, 5.74) is 0.594. The number of hydrogen-bond donors (Lipinski definition) is 1. The zero-order valence-electron chi connectivity index (χ0n) is 9.30. The largest absolute Gasteiger partial charge is 0.439 e. The van der Waals surface area contributed by atoms with Crippen LogP contribution in [0.3, 0.4) is 0 Å². The fraction of sp³-hybridized carbons (Fsp3) is 0.154. The molecular formula is C13H12FNO2. The van der Waals surface area contributed by atoms with Crippen molar-refractivity contribution in [3.05, 3.63) is 54.0 Å². The molecule has 1 heterocycles. The maximum absolute atomic E-state index is 12.7. The van der Waals surface area contributed by atoms with Gasteiger partial charge in [-0.15, -0.1) is 0 Å². The van der Waals surface area contributed by atoms with Gasteiger partial charge in [0.15, 0.2) is 0 Å². The molecule has 4 heteroatoms. The van der Waals surface area contributed by atoms with E-state index in [0.717, 1.165) is 0 Å². The van der Waals surface area contributed by atoms with Crippen molar-refractivity contribution in [2.75, 3.05) is 0 Å². The normalized spacial score (nSPS) is 12.2. The molecule has 0 bridgehead atoms. The number of aliphatic hydroxyl groups excluding tert-OH is 1. The highest BCUT2D eigenvalue weighted by atomic mass is 19.1. The minimum absolute atomic E-state index is 0.325. The van der Waals surface area contributed by atoms with Gasteiger partial charge in [-0.05, 0) is 43.3 Å². The summed E-state index contributed by atoms with van der Waals surface area (Å²) < 4.78 is 18.2. The smallest absolute Gasteiger partial charge is 0.225 e. The maximum atomic E-state index is 12.7. The van der Waals surface area contributed by atoms with E-state index in [1.807, 2.05) is 0 Å². The number of rotatable bonds is 3. The molecule has 3 nitrogen and oxygen atoms in total. The monoisotopic (exact) mass is 233 g/mol. The van der Waals surface area contributed by atoms with Crippen LogP contribution >= 0.6 is 0 Å². The molecular weight excluding hydrogens is 221 g/mol. The lowest BCUT2D eigenvalue weighted by molar-refractivity contribution is 0.194. The van der Waals surface area contributed by atoms with Crippen LogP contribution in [0.2, 0.25) is 0 Å². The third-order valence-corrected chi connectivity index (χ3v) is 2.28. The minimum Gasteiger partial charge on any atom is -0.439 e. The van der Waals surface area contributed by atoms with Crippen LogP contribution in [0.1, 0.15) is 18.6 Å². The minimum atomic E-state index is -0.667. The van der Waals surface area contributed by atoms with E-state index in [4.69, 9.17) is 4.74 Å². The highest BCUT2D eigenvalue weighted by Crippen LogP contribution is 2.26. The van der Waals surface area contributed by atoms with Crippen LogP contribution < -0.4 is 4.74 Å². The van der Waals surface area contributed by atoms with E-state index in [2.05, 4.69) is 4.98 Å². The van der Waals surface area contributed by atoms with Crippen molar-refractivity contribution in [3.63, 3.8) is 0 Å². The highest BCUT2D eigenvalue weighted by Gasteiger charge is 2.10. The lowest BCUT2D eigenvalue weighted by Gasteiger charge is -2.11. The molecule has 0 radical (unpaired) electrons. The summed E-state index contributed by atoms with van der Waals surface area (Å²) in [6.07, 6.45) is 0.907. The summed E-state index contributed by atoms with van der Waals surface area (Å²) in [4.78, 5) is 4.04. The van der Waals surface area contributed by atoms with E-state index in [0.29, 0.717) is 17.2 Å². The molecule has 0 aliphatic rings. The number of benzene rings is 1. The van der Waals surface area contributed by atoms with Crippen LogP contribution in [0.25, 0.3) is 0 Å². The molecule has 0 aliphatic carbocycles. The molecule has 1 aromatic carbocycles. The Morgan fingerprint density at radius 1 is 1.24 bits per heavy atom. The number of aliphatic hydroxyl groups is 1. The molecule has 1 aromatic heterocycles. The summed E-state index contributed by atoms with van der Waals surface area (Å²) in [6.45, 7) is 1.63. The Morgan fingerprint density at radius 2 is 1.94 bits per heavy atom. The third kappa shape index (κ3) is 2.79. The second-order valence-electron chi connectivity index (χ2n) is 3.63. The van der Waals surface area contributed by atoms with Crippen molar-refractivity contribution in [3.8, 4) is 11.6 Å². The first-order chi connectivity index (χ1) is 8.16. The zero-order valence-corrected chi connectivity index (χ0v) is 9.30.